The lowest BCUT2D eigenvalue weighted by atomic mass is 9.62. The van der Waals surface area contributed by atoms with Crippen molar-refractivity contribution in [3.05, 3.63) is 11.6 Å². The molecule has 0 radical (unpaired) electrons. The van der Waals surface area contributed by atoms with E-state index >= 15 is 0 Å². The van der Waals surface area contributed by atoms with Crippen LogP contribution >= 0.6 is 0 Å². The zero-order valence-electron chi connectivity index (χ0n) is 16.1. The lowest BCUT2D eigenvalue weighted by molar-refractivity contribution is -0.148. The Bertz CT molecular complexity index is 754. The summed E-state index contributed by atoms with van der Waals surface area (Å²) in [5.74, 6) is -0.143. The van der Waals surface area contributed by atoms with E-state index in [0.29, 0.717) is 12.3 Å². The van der Waals surface area contributed by atoms with Crippen molar-refractivity contribution in [2.45, 2.75) is 65.3 Å². The van der Waals surface area contributed by atoms with Crippen LogP contribution in [0, 0.1) is 40.4 Å². The first-order valence-electron chi connectivity index (χ1n) is 9.91. The molecule has 1 heterocycles. The Labute approximate surface area is 154 Å². The van der Waals surface area contributed by atoms with Gasteiger partial charge in [0, 0.05) is 17.8 Å². The molecule has 3 saturated carbocycles. The highest BCUT2D eigenvalue weighted by Crippen LogP contribution is 2.73. The third-order valence-corrected chi connectivity index (χ3v) is 8.90. The van der Waals surface area contributed by atoms with Crippen LogP contribution in [0.1, 0.15) is 47.5 Å². The van der Waals surface area contributed by atoms with Crippen LogP contribution < -0.4 is 0 Å². The number of carbonyl (C=O) groups excluding carboxylic acids is 2. The Morgan fingerprint density at radius 1 is 1.23 bits per heavy atom. The van der Waals surface area contributed by atoms with E-state index in [0.717, 1.165) is 12.0 Å². The summed E-state index contributed by atoms with van der Waals surface area (Å²) >= 11 is 0. The van der Waals surface area contributed by atoms with Gasteiger partial charge in [-0.1, -0.05) is 39.3 Å². The number of Topliss-reactive ketones (excluding diaryl/α,β-unsaturated/α-hetero) is 1. The lowest BCUT2D eigenvalue weighted by Gasteiger charge is -2.44. The average molecular weight is 360 g/mol. The van der Waals surface area contributed by atoms with Gasteiger partial charge in [0.1, 0.15) is 0 Å². The molecular formula is C21H28O5. The highest BCUT2D eigenvalue weighted by molar-refractivity contribution is 5.94. The molecule has 26 heavy (non-hydrogen) atoms. The van der Waals surface area contributed by atoms with Gasteiger partial charge in [0.2, 0.25) is 0 Å². The van der Waals surface area contributed by atoms with Gasteiger partial charge in [0.05, 0.1) is 11.5 Å². The van der Waals surface area contributed by atoms with Gasteiger partial charge < -0.3 is 14.6 Å². The second-order valence-corrected chi connectivity index (χ2v) is 10.00. The fourth-order valence-electron chi connectivity index (χ4n) is 7.36. The van der Waals surface area contributed by atoms with Gasteiger partial charge in [-0.25, -0.2) is 4.79 Å². The maximum Gasteiger partial charge on any atom is 0.509 e. The van der Waals surface area contributed by atoms with Crippen molar-refractivity contribution in [3.63, 3.8) is 0 Å². The van der Waals surface area contributed by atoms with Crippen LogP contribution in [-0.2, 0) is 14.3 Å². The van der Waals surface area contributed by atoms with Crippen molar-refractivity contribution < 1.29 is 24.2 Å². The van der Waals surface area contributed by atoms with E-state index in [4.69, 9.17) is 9.47 Å². The van der Waals surface area contributed by atoms with Crippen LogP contribution in [0.2, 0.25) is 0 Å². The summed E-state index contributed by atoms with van der Waals surface area (Å²) in [7, 11) is 0. The van der Waals surface area contributed by atoms with E-state index < -0.39 is 35.3 Å². The minimum absolute atomic E-state index is 0.0689. The first-order chi connectivity index (χ1) is 12.1. The van der Waals surface area contributed by atoms with Crippen molar-refractivity contribution in [1.29, 1.82) is 0 Å². The van der Waals surface area contributed by atoms with Crippen LogP contribution in [0.3, 0.4) is 0 Å². The van der Waals surface area contributed by atoms with Crippen molar-refractivity contribution in [2.75, 3.05) is 0 Å². The summed E-state index contributed by atoms with van der Waals surface area (Å²) in [6.45, 7) is 10.4. The van der Waals surface area contributed by atoms with E-state index in [1.54, 1.807) is 0 Å². The van der Waals surface area contributed by atoms with Crippen LogP contribution in [0.15, 0.2) is 11.6 Å². The predicted molar refractivity (Wildman–Crippen MR) is 93.1 cm³/mol. The van der Waals surface area contributed by atoms with Gasteiger partial charge in [0.15, 0.2) is 17.5 Å². The molecule has 0 aromatic carbocycles. The molecule has 1 saturated heterocycles. The largest absolute Gasteiger partial charge is 0.509 e. The number of aliphatic hydroxyl groups is 1. The fraction of sp³-hybridized carbons (Fsp3) is 0.810. The molecule has 9 atom stereocenters. The quantitative estimate of drug-likeness (QED) is 0.531. The number of hydrogen-bond acceptors (Lipinski definition) is 5. The third-order valence-electron chi connectivity index (χ3n) is 8.90. The second kappa shape index (κ2) is 4.54. The van der Waals surface area contributed by atoms with Gasteiger partial charge >= 0.3 is 6.16 Å². The smallest absolute Gasteiger partial charge is 0.426 e. The molecule has 1 aliphatic heterocycles. The molecule has 5 rings (SSSR count). The molecule has 0 amide bonds. The average Bonchev–Trinajstić information content (AvgIpc) is 2.88. The molecular weight excluding hydrogens is 332 g/mol. The van der Waals surface area contributed by atoms with Crippen LogP contribution in [0.4, 0.5) is 4.79 Å². The molecule has 0 aromatic rings. The third kappa shape index (κ3) is 1.52. The summed E-state index contributed by atoms with van der Waals surface area (Å²) in [5, 5.41) is 11.2. The lowest BCUT2D eigenvalue weighted by Crippen LogP contribution is -2.59. The summed E-state index contributed by atoms with van der Waals surface area (Å²) in [6, 6.07) is 0. The normalized spacial score (nSPS) is 56.2. The van der Waals surface area contributed by atoms with E-state index in [2.05, 4.69) is 19.9 Å². The fourth-order valence-corrected chi connectivity index (χ4v) is 7.36. The van der Waals surface area contributed by atoms with Crippen molar-refractivity contribution >= 4 is 11.9 Å². The first kappa shape index (κ1) is 16.8. The number of rotatable bonds is 0. The SMILES string of the molecule is CC1=C[C@]23CC[C@@H]4[C@H]([C@@H](C2=O)[C@H](O)[C@H](C)[C@H]2OC(=O)O[C@]23[C@H]1C)C4(C)C. The topological polar surface area (TPSA) is 72.8 Å². The minimum atomic E-state index is -1.01. The molecule has 5 heteroatoms. The van der Waals surface area contributed by atoms with Gasteiger partial charge in [-0.2, -0.15) is 0 Å². The number of hydrogen-bond donors (Lipinski definition) is 1. The van der Waals surface area contributed by atoms with Gasteiger partial charge in [0.25, 0.3) is 0 Å². The number of carbonyl (C=O) groups is 2. The zero-order chi connectivity index (χ0) is 18.8. The van der Waals surface area contributed by atoms with E-state index in [-0.39, 0.29) is 29.0 Å². The molecule has 1 N–H and O–H groups in total. The Kier molecular flexibility index (Phi) is 2.93. The van der Waals surface area contributed by atoms with Gasteiger partial charge in [-0.15, -0.1) is 0 Å². The van der Waals surface area contributed by atoms with E-state index in [1.165, 1.54) is 0 Å². The molecule has 4 fully saturated rings. The summed E-state index contributed by atoms with van der Waals surface area (Å²) in [6.07, 6.45) is 1.54. The molecule has 0 aromatic heterocycles. The maximum absolute atomic E-state index is 14.0. The molecule has 142 valence electrons. The van der Waals surface area contributed by atoms with Crippen LogP contribution in [0.25, 0.3) is 0 Å². The zero-order valence-corrected chi connectivity index (χ0v) is 16.1. The monoisotopic (exact) mass is 360 g/mol. The number of ketones is 1. The molecule has 2 bridgehead atoms. The Balaban J connectivity index is 1.76. The van der Waals surface area contributed by atoms with E-state index in [9.17, 15) is 14.7 Å². The second-order valence-electron chi connectivity index (χ2n) is 10.00. The predicted octanol–water partition coefficient (Wildman–Crippen LogP) is 3.10. The summed E-state index contributed by atoms with van der Waals surface area (Å²) in [4.78, 5) is 26.2. The molecule has 4 aliphatic carbocycles. The molecule has 5 aliphatic rings. The minimum Gasteiger partial charge on any atom is -0.426 e. The Hall–Kier alpha value is -1.36. The van der Waals surface area contributed by atoms with Gasteiger partial charge in [-0.3, -0.25) is 4.79 Å². The van der Waals surface area contributed by atoms with E-state index in [1.807, 2.05) is 20.8 Å². The van der Waals surface area contributed by atoms with Crippen molar-refractivity contribution in [1.82, 2.24) is 0 Å². The number of ether oxygens (including phenoxy) is 2. The summed E-state index contributed by atoms with van der Waals surface area (Å²) in [5.41, 5.74) is -0.719. The highest BCUT2D eigenvalue weighted by atomic mass is 16.8. The first-order valence-corrected chi connectivity index (χ1v) is 9.91. The Morgan fingerprint density at radius 3 is 2.62 bits per heavy atom. The summed E-state index contributed by atoms with van der Waals surface area (Å²) < 4.78 is 11.6. The number of aliphatic hydroxyl groups excluding tert-OH is 1. The molecule has 5 nitrogen and oxygen atoms in total. The maximum atomic E-state index is 14.0. The van der Waals surface area contributed by atoms with Crippen LogP contribution in [0.5, 0.6) is 0 Å². The van der Waals surface area contributed by atoms with Gasteiger partial charge in [-0.05, 0) is 37.0 Å². The molecule has 0 unspecified atom stereocenters. The Morgan fingerprint density at radius 2 is 1.92 bits per heavy atom. The van der Waals surface area contributed by atoms with Crippen LogP contribution in [-0.4, -0.2) is 34.9 Å². The standard InChI is InChI=1S/C21H28O5/c1-9-8-20-7-6-12-14(19(12,4)5)13(16(20)23)15(22)10(2)17-21(20,11(9)3)26-18(24)25-17/h8,10-15,17,22H,6-7H2,1-5H3/t10-,11-,12+,13+,14+,15+,17+,20+,21+/m0/s1. The highest BCUT2D eigenvalue weighted by Gasteiger charge is 2.79. The molecule has 2 spiro atoms. The van der Waals surface area contributed by atoms with Crippen molar-refractivity contribution in [3.8, 4) is 0 Å². The van der Waals surface area contributed by atoms with Crippen molar-refractivity contribution in [2.24, 2.45) is 40.4 Å². The number of fused-ring (bicyclic) bond motifs is 3.